The molecule has 1 rings (SSSR count). The summed E-state index contributed by atoms with van der Waals surface area (Å²) < 4.78 is 0. The van der Waals surface area contributed by atoms with E-state index in [9.17, 15) is 9.59 Å². The van der Waals surface area contributed by atoms with Gasteiger partial charge >= 0.3 is 5.97 Å². The van der Waals surface area contributed by atoms with Crippen molar-refractivity contribution < 1.29 is 19.8 Å². The lowest BCUT2D eigenvalue weighted by Crippen LogP contribution is -2.44. The highest BCUT2D eigenvalue weighted by molar-refractivity contribution is 6.30. The standard InChI is InChI=1S/C11H12ClNO4/c1-13(9(6-14)11(16)17)10(15)7-2-4-8(12)5-3-7/h2-5,9,14H,6H2,1H3,(H,16,17). The molecule has 0 radical (unpaired) electrons. The van der Waals surface area contributed by atoms with Crippen LogP contribution >= 0.6 is 11.6 Å². The van der Waals surface area contributed by atoms with Gasteiger partial charge in [0.05, 0.1) is 6.61 Å². The maximum atomic E-state index is 11.9. The molecule has 0 aliphatic carbocycles. The van der Waals surface area contributed by atoms with Crippen molar-refractivity contribution in [3.63, 3.8) is 0 Å². The zero-order valence-electron chi connectivity index (χ0n) is 9.13. The number of hydrogen-bond acceptors (Lipinski definition) is 3. The molecule has 1 atom stereocenters. The number of aliphatic hydroxyl groups is 1. The predicted molar refractivity (Wildman–Crippen MR) is 62.1 cm³/mol. The molecule has 0 aliphatic heterocycles. The van der Waals surface area contributed by atoms with Crippen molar-refractivity contribution in [2.45, 2.75) is 6.04 Å². The van der Waals surface area contributed by atoms with Crippen LogP contribution in [0.2, 0.25) is 5.02 Å². The smallest absolute Gasteiger partial charge is 0.328 e. The Bertz CT molecular complexity index is 418. The number of carboxylic acid groups (broad SMARTS) is 1. The molecule has 1 unspecified atom stereocenters. The van der Waals surface area contributed by atoms with Crippen molar-refractivity contribution in [1.29, 1.82) is 0 Å². The van der Waals surface area contributed by atoms with Crippen molar-refractivity contribution in [1.82, 2.24) is 4.90 Å². The van der Waals surface area contributed by atoms with Gasteiger partial charge in [-0.2, -0.15) is 0 Å². The number of halogens is 1. The Morgan fingerprint density at radius 2 is 1.88 bits per heavy atom. The van der Waals surface area contributed by atoms with Crippen LogP contribution in [-0.4, -0.2) is 46.7 Å². The predicted octanol–water partition coefficient (Wildman–Crippen LogP) is 0.857. The summed E-state index contributed by atoms with van der Waals surface area (Å²) in [5.41, 5.74) is 0.316. The number of carboxylic acids is 1. The second kappa shape index (κ2) is 5.65. The van der Waals surface area contributed by atoms with Gasteiger partial charge in [0.25, 0.3) is 5.91 Å². The van der Waals surface area contributed by atoms with E-state index in [4.69, 9.17) is 21.8 Å². The Labute approximate surface area is 103 Å². The molecule has 92 valence electrons. The molecule has 1 amide bonds. The minimum absolute atomic E-state index is 0.316. The number of aliphatic hydroxyl groups excluding tert-OH is 1. The molecule has 0 bridgehead atoms. The first-order valence-electron chi connectivity index (χ1n) is 4.83. The molecule has 0 spiro atoms. The van der Waals surface area contributed by atoms with E-state index in [0.29, 0.717) is 10.6 Å². The quantitative estimate of drug-likeness (QED) is 0.839. The molecule has 1 aromatic carbocycles. The number of benzene rings is 1. The summed E-state index contributed by atoms with van der Waals surface area (Å²) in [6.45, 7) is -0.634. The van der Waals surface area contributed by atoms with Crippen molar-refractivity contribution in [3.05, 3.63) is 34.9 Å². The molecule has 0 saturated carbocycles. The van der Waals surface area contributed by atoms with Crippen LogP contribution in [0, 0.1) is 0 Å². The Kier molecular flexibility index (Phi) is 4.48. The molecular formula is C11H12ClNO4. The van der Waals surface area contributed by atoms with Crippen LogP contribution in [-0.2, 0) is 4.79 Å². The Morgan fingerprint density at radius 3 is 2.29 bits per heavy atom. The topological polar surface area (TPSA) is 77.8 Å². The summed E-state index contributed by atoms with van der Waals surface area (Å²) >= 11 is 5.68. The highest BCUT2D eigenvalue weighted by Crippen LogP contribution is 2.12. The van der Waals surface area contributed by atoms with E-state index >= 15 is 0 Å². The van der Waals surface area contributed by atoms with E-state index in [1.165, 1.54) is 31.3 Å². The molecule has 1 aromatic rings. The van der Waals surface area contributed by atoms with Gasteiger partial charge in [-0.1, -0.05) is 11.6 Å². The van der Waals surface area contributed by atoms with Gasteiger partial charge in [0.15, 0.2) is 6.04 Å². The highest BCUT2D eigenvalue weighted by atomic mass is 35.5. The lowest BCUT2D eigenvalue weighted by atomic mass is 10.1. The average molecular weight is 258 g/mol. The molecule has 5 nitrogen and oxygen atoms in total. The zero-order chi connectivity index (χ0) is 13.0. The fourth-order valence-corrected chi connectivity index (χ4v) is 1.43. The molecule has 6 heteroatoms. The fraction of sp³-hybridized carbons (Fsp3) is 0.273. The van der Waals surface area contributed by atoms with Gasteiger partial charge in [-0.15, -0.1) is 0 Å². The van der Waals surface area contributed by atoms with Gasteiger partial charge in [-0.25, -0.2) is 4.79 Å². The van der Waals surface area contributed by atoms with Gasteiger partial charge in [0.1, 0.15) is 0 Å². The lowest BCUT2D eigenvalue weighted by Gasteiger charge is -2.23. The minimum atomic E-state index is -1.25. The maximum Gasteiger partial charge on any atom is 0.328 e. The number of carbonyl (C=O) groups is 2. The number of aliphatic carboxylic acids is 1. The largest absolute Gasteiger partial charge is 0.480 e. The highest BCUT2D eigenvalue weighted by Gasteiger charge is 2.26. The van der Waals surface area contributed by atoms with E-state index in [1.54, 1.807) is 0 Å². The molecule has 0 saturated heterocycles. The SMILES string of the molecule is CN(C(=O)c1ccc(Cl)cc1)C(CO)C(=O)O. The Morgan fingerprint density at radius 1 is 1.35 bits per heavy atom. The molecule has 0 heterocycles. The number of nitrogens with zero attached hydrogens (tertiary/aromatic N) is 1. The summed E-state index contributed by atoms with van der Waals surface area (Å²) in [6.07, 6.45) is 0. The van der Waals surface area contributed by atoms with Crippen LogP contribution in [0.15, 0.2) is 24.3 Å². The Balaban J connectivity index is 2.89. The van der Waals surface area contributed by atoms with Crippen LogP contribution in [0.25, 0.3) is 0 Å². The zero-order valence-corrected chi connectivity index (χ0v) is 9.89. The Hall–Kier alpha value is -1.59. The van der Waals surface area contributed by atoms with Gasteiger partial charge in [-0.3, -0.25) is 4.79 Å². The van der Waals surface area contributed by atoms with Crippen molar-refractivity contribution in [2.75, 3.05) is 13.7 Å². The maximum absolute atomic E-state index is 11.9. The first kappa shape index (κ1) is 13.5. The lowest BCUT2D eigenvalue weighted by molar-refractivity contribution is -0.143. The second-order valence-corrected chi connectivity index (χ2v) is 3.90. The number of rotatable bonds is 4. The average Bonchev–Trinajstić information content (AvgIpc) is 2.29. The van der Waals surface area contributed by atoms with Crippen LogP contribution in [0.3, 0.4) is 0 Å². The van der Waals surface area contributed by atoms with Crippen LogP contribution in [0.4, 0.5) is 0 Å². The third-order valence-electron chi connectivity index (χ3n) is 2.34. The summed E-state index contributed by atoms with van der Waals surface area (Å²) in [5, 5.41) is 18.2. The fourth-order valence-electron chi connectivity index (χ4n) is 1.30. The molecule has 17 heavy (non-hydrogen) atoms. The number of hydrogen-bond donors (Lipinski definition) is 2. The summed E-state index contributed by atoms with van der Waals surface area (Å²) in [6, 6.07) is 4.82. The molecule has 2 N–H and O–H groups in total. The molecule has 0 fully saturated rings. The molecular weight excluding hydrogens is 246 g/mol. The number of carbonyl (C=O) groups excluding carboxylic acids is 1. The van der Waals surface area contributed by atoms with Crippen LogP contribution in [0.1, 0.15) is 10.4 Å². The van der Waals surface area contributed by atoms with Crippen molar-refractivity contribution >= 4 is 23.5 Å². The van der Waals surface area contributed by atoms with E-state index in [-0.39, 0.29) is 0 Å². The summed E-state index contributed by atoms with van der Waals surface area (Å²) in [7, 11) is 1.33. The van der Waals surface area contributed by atoms with Gasteiger partial charge in [0.2, 0.25) is 0 Å². The number of likely N-dealkylation sites (N-methyl/N-ethyl adjacent to an activating group) is 1. The number of amides is 1. The van der Waals surface area contributed by atoms with Crippen LogP contribution < -0.4 is 0 Å². The van der Waals surface area contributed by atoms with Crippen molar-refractivity contribution in [3.8, 4) is 0 Å². The van der Waals surface area contributed by atoms with Gasteiger partial charge < -0.3 is 15.1 Å². The first-order valence-corrected chi connectivity index (χ1v) is 5.21. The minimum Gasteiger partial charge on any atom is -0.480 e. The van der Waals surface area contributed by atoms with E-state index < -0.39 is 24.5 Å². The monoisotopic (exact) mass is 257 g/mol. The van der Waals surface area contributed by atoms with Gasteiger partial charge in [0, 0.05) is 17.6 Å². The van der Waals surface area contributed by atoms with Crippen molar-refractivity contribution in [2.24, 2.45) is 0 Å². The van der Waals surface area contributed by atoms with Gasteiger partial charge in [-0.05, 0) is 24.3 Å². The molecule has 0 aromatic heterocycles. The van der Waals surface area contributed by atoms with Crippen LogP contribution in [0.5, 0.6) is 0 Å². The normalized spacial score (nSPS) is 11.9. The molecule has 0 aliphatic rings. The van der Waals surface area contributed by atoms with E-state index in [0.717, 1.165) is 4.90 Å². The summed E-state index contributed by atoms with van der Waals surface area (Å²) in [5.74, 6) is -1.74. The first-order chi connectivity index (χ1) is 7.97. The third-order valence-corrected chi connectivity index (χ3v) is 2.59. The third kappa shape index (κ3) is 3.18. The van der Waals surface area contributed by atoms with E-state index in [1.807, 2.05) is 0 Å². The van der Waals surface area contributed by atoms with E-state index in [2.05, 4.69) is 0 Å². The summed E-state index contributed by atoms with van der Waals surface area (Å²) in [4.78, 5) is 23.6. The second-order valence-electron chi connectivity index (χ2n) is 3.46.